The molecule has 0 spiro atoms. The Bertz CT molecular complexity index is 287. The first kappa shape index (κ1) is 14.1. The van der Waals surface area contributed by atoms with Crippen LogP contribution in [0.5, 0.6) is 0 Å². The summed E-state index contributed by atoms with van der Waals surface area (Å²) in [6, 6.07) is 4.54. The Morgan fingerprint density at radius 1 is 1.24 bits per heavy atom. The minimum atomic E-state index is 0.401. The van der Waals surface area contributed by atoms with Gasteiger partial charge in [0.05, 0.1) is 0 Å². The predicted octanol–water partition coefficient (Wildman–Crippen LogP) is 2.46. The molecule has 0 aromatic carbocycles. The Labute approximate surface area is 105 Å². The molecule has 0 aliphatic carbocycles. The van der Waals surface area contributed by atoms with E-state index >= 15 is 0 Å². The van der Waals surface area contributed by atoms with E-state index in [0.717, 1.165) is 19.6 Å². The van der Waals surface area contributed by atoms with Gasteiger partial charge >= 0.3 is 0 Å². The van der Waals surface area contributed by atoms with Gasteiger partial charge in [0.25, 0.3) is 0 Å². The van der Waals surface area contributed by atoms with Gasteiger partial charge in [0.15, 0.2) is 0 Å². The Balaban J connectivity index is 2.26. The summed E-state index contributed by atoms with van der Waals surface area (Å²) >= 11 is 0. The number of rotatable bonds is 8. The highest BCUT2D eigenvalue weighted by Gasteiger charge is 2.05. The summed E-state index contributed by atoms with van der Waals surface area (Å²) in [6.45, 7) is 11.2. The molecule has 17 heavy (non-hydrogen) atoms. The summed E-state index contributed by atoms with van der Waals surface area (Å²) in [5.74, 6) is 0. The quantitative estimate of drug-likeness (QED) is 0.750. The molecule has 0 saturated heterocycles. The van der Waals surface area contributed by atoms with E-state index < -0.39 is 0 Å². The summed E-state index contributed by atoms with van der Waals surface area (Å²) in [5.41, 5.74) is 1.30. The monoisotopic (exact) mass is 235 g/mol. The zero-order valence-corrected chi connectivity index (χ0v) is 11.3. The van der Waals surface area contributed by atoms with Crippen LogP contribution in [0.4, 0.5) is 0 Å². The van der Waals surface area contributed by atoms with Crippen LogP contribution in [0.15, 0.2) is 24.5 Å². The fourth-order valence-electron chi connectivity index (χ4n) is 1.95. The number of pyridine rings is 1. The van der Waals surface area contributed by atoms with E-state index in [1.165, 1.54) is 18.5 Å². The fraction of sp³-hybridized carbons (Fsp3) is 0.643. The van der Waals surface area contributed by atoms with Gasteiger partial charge in [0, 0.05) is 31.5 Å². The van der Waals surface area contributed by atoms with Crippen LogP contribution in [0, 0.1) is 0 Å². The summed E-state index contributed by atoms with van der Waals surface area (Å²) < 4.78 is 0. The molecule has 0 radical (unpaired) electrons. The van der Waals surface area contributed by atoms with Crippen LogP contribution in [0.1, 0.15) is 38.8 Å². The van der Waals surface area contributed by atoms with E-state index in [1.54, 1.807) is 0 Å². The molecule has 1 atom stereocenters. The van der Waals surface area contributed by atoms with Crippen molar-refractivity contribution in [3.8, 4) is 0 Å². The van der Waals surface area contributed by atoms with Gasteiger partial charge in [-0.2, -0.15) is 0 Å². The van der Waals surface area contributed by atoms with Crippen LogP contribution in [0.25, 0.3) is 0 Å². The van der Waals surface area contributed by atoms with Gasteiger partial charge in [-0.3, -0.25) is 4.98 Å². The maximum atomic E-state index is 4.04. The molecule has 0 aliphatic rings. The molecule has 1 N–H and O–H groups in total. The molecule has 1 rings (SSSR count). The number of hydrogen-bond acceptors (Lipinski definition) is 3. The van der Waals surface area contributed by atoms with Gasteiger partial charge in [-0.25, -0.2) is 0 Å². The third kappa shape index (κ3) is 5.29. The van der Waals surface area contributed by atoms with Crippen LogP contribution in [0.3, 0.4) is 0 Å². The van der Waals surface area contributed by atoms with Crippen molar-refractivity contribution in [1.82, 2.24) is 15.2 Å². The smallest absolute Gasteiger partial charge is 0.0293 e. The second kappa shape index (κ2) is 8.20. The fourth-order valence-corrected chi connectivity index (χ4v) is 1.95. The molecule has 1 unspecified atom stereocenters. The molecule has 1 aromatic rings. The molecule has 0 bridgehead atoms. The first-order valence-corrected chi connectivity index (χ1v) is 6.63. The number of likely N-dealkylation sites (N-methyl/N-ethyl adjacent to an activating group) is 1. The van der Waals surface area contributed by atoms with Gasteiger partial charge in [-0.1, -0.05) is 13.8 Å². The average Bonchev–Trinajstić information content (AvgIpc) is 2.38. The van der Waals surface area contributed by atoms with Crippen molar-refractivity contribution in [3.05, 3.63) is 30.1 Å². The third-order valence-corrected chi connectivity index (χ3v) is 3.07. The molecule has 0 fully saturated rings. The highest BCUT2D eigenvalue weighted by atomic mass is 15.1. The van der Waals surface area contributed by atoms with Crippen molar-refractivity contribution in [1.29, 1.82) is 0 Å². The van der Waals surface area contributed by atoms with Gasteiger partial charge in [-0.15, -0.1) is 0 Å². The minimum Gasteiger partial charge on any atom is -0.309 e. The van der Waals surface area contributed by atoms with E-state index in [1.807, 2.05) is 12.4 Å². The summed E-state index contributed by atoms with van der Waals surface area (Å²) in [4.78, 5) is 6.52. The maximum Gasteiger partial charge on any atom is 0.0293 e. The molecular formula is C14H25N3. The van der Waals surface area contributed by atoms with Crippen LogP contribution < -0.4 is 5.32 Å². The molecule has 96 valence electrons. The topological polar surface area (TPSA) is 28.2 Å². The predicted molar refractivity (Wildman–Crippen MR) is 73.1 cm³/mol. The Morgan fingerprint density at radius 3 is 2.53 bits per heavy atom. The first-order valence-electron chi connectivity index (χ1n) is 6.63. The SMILES string of the molecule is CCCN(CC)CCNC(C)c1ccncc1. The number of nitrogens with one attached hydrogen (secondary N) is 1. The molecule has 1 aromatic heterocycles. The molecule has 3 nitrogen and oxygen atoms in total. The van der Waals surface area contributed by atoms with Crippen molar-refractivity contribution in [2.75, 3.05) is 26.2 Å². The number of hydrogen-bond donors (Lipinski definition) is 1. The van der Waals surface area contributed by atoms with E-state index in [9.17, 15) is 0 Å². The molecular weight excluding hydrogens is 210 g/mol. The normalized spacial score (nSPS) is 12.9. The second-order valence-corrected chi connectivity index (χ2v) is 4.39. The van der Waals surface area contributed by atoms with Crippen molar-refractivity contribution in [3.63, 3.8) is 0 Å². The second-order valence-electron chi connectivity index (χ2n) is 4.39. The molecule has 0 aliphatic heterocycles. The zero-order chi connectivity index (χ0) is 12.5. The largest absolute Gasteiger partial charge is 0.309 e. The summed E-state index contributed by atoms with van der Waals surface area (Å²) in [6.07, 6.45) is 4.93. The lowest BCUT2D eigenvalue weighted by molar-refractivity contribution is 0.284. The van der Waals surface area contributed by atoms with E-state index in [-0.39, 0.29) is 0 Å². The summed E-state index contributed by atoms with van der Waals surface area (Å²) in [7, 11) is 0. The summed E-state index contributed by atoms with van der Waals surface area (Å²) in [5, 5.41) is 3.55. The lowest BCUT2D eigenvalue weighted by Gasteiger charge is -2.21. The van der Waals surface area contributed by atoms with Gasteiger partial charge in [0.1, 0.15) is 0 Å². The minimum absolute atomic E-state index is 0.401. The molecule has 3 heteroatoms. The van der Waals surface area contributed by atoms with Crippen LogP contribution in [-0.4, -0.2) is 36.1 Å². The van der Waals surface area contributed by atoms with Crippen LogP contribution in [0.2, 0.25) is 0 Å². The van der Waals surface area contributed by atoms with Crippen molar-refractivity contribution >= 4 is 0 Å². The first-order chi connectivity index (χ1) is 8.27. The van der Waals surface area contributed by atoms with Crippen LogP contribution >= 0.6 is 0 Å². The van der Waals surface area contributed by atoms with E-state index in [0.29, 0.717) is 6.04 Å². The van der Waals surface area contributed by atoms with Gasteiger partial charge in [0.2, 0.25) is 0 Å². The van der Waals surface area contributed by atoms with Crippen molar-refractivity contribution in [2.24, 2.45) is 0 Å². The van der Waals surface area contributed by atoms with Crippen molar-refractivity contribution < 1.29 is 0 Å². The van der Waals surface area contributed by atoms with Gasteiger partial charge < -0.3 is 10.2 Å². The third-order valence-electron chi connectivity index (χ3n) is 3.07. The number of aromatic nitrogens is 1. The Kier molecular flexibility index (Phi) is 6.82. The molecule has 0 amide bonds. The van der Waals surface area contributed by atoms with Crippen molar-refractivity contribution in [2.45, 2.75) is 33.2 Å². The standard InChI is InChI=1S/C14H25N3/c1-4-11-17(5-2)12-10-16-13(3)14-6-8-15-9-7-14/h6-9,13,16H,4-5,10-12H2,1-3H3. The molecule has 0 saturated carbocycles. The Morgan fingerprint density at radius 2 is 1.94 bits per heavy atom. The van der Waals surface area contributed by atoms with E-state index in [4.69, 9.17) is 0 Å². The van der Waals surface area contributed by atoms with Gasteiger partial charge in [-0.05, 0) is 44.1 Å². The lowest BCUT2D eigenvalue weighted by Crippen LogP contribution is -2.33. The Hall–Kier alpha value is -0.930. The highest BCUT2D eigenvalue weighted by Crippen LogP contribution is 2.09. The number of nitrogens with zero attached hydrogens (tertiary/aromatic N) is 2. The average molecular weight is 235 g/mol. The van der Waals surface area contributed by atoms with Crippen LogP contribution in [-0.2, 0) is 0 Å². The lowest BCUT2D eigenvalue weighted by atomic mass is 10.1. The maximum absolute atomic E-state index is 4.04. The highest BCUT2D eigenvalue weighted by molar-refractivity contribution is 5.13. The van der Waals surface area contributed by atoms with E-state index in [2.05, 4.69) is 48.1 Å². The zero-order valence-electron chi connectivity index (χ0n) is 11.3. The molecule has 1 heterocycles.